The van der Waals surface area contributed by atoms with Gasteiger partial charge in [-0.3, -0.25) is 4.79 Å². The van der Waals surface area contributed by atoms with Gasteiger partial charge in [0.15, 0.2) is 6.61 Å². The van der Waals surface area contributed by atoms with Crippen LogP contribution in [0.4, 0.5) is 4.79 Å². The Balaban J connectivity index is 1.77. The van der Waals surface area contributed by atoms with Crippen LogP contribution in [-0.2, 0) is 4.79 Å². The van der Waals surface area contributed by atoms with Gasteiger partial charge in [0.1, 0.15) is 5.75 Å². The van der Waals surface area contributed by atoms with Gasteiger partial charge in [0, 0.05) is 38.2 Å². The fourth-order valence-corrected chi connectivity index (χ4v) is 3.01. The molecule has 1 N–H and O–H groups in total. The first-order valence-corrected chi connectivity index (χ1v) is 8.81. The van der Waals surface area contributed by atoms with E-state index < -0.39 is 0 Å². The standard InChI is InChI=1S/C18H26ClN3O3/c1-12-9-15(10-13(2)17(12)19)25-11-16(23)20-14-5-7-22(8-6-14)18(24)21(3)4/h9-10,14H,5-8,11H2,1-4H3,(H,20,23). The first-order chi connectivity index (χ1) is 11.8. The molecule has 1 aromatic rings. The highest BCUT2D eigenvalue weighted by atomic mass is 35.5. The highest BCUT2D eigenvalue weighted by Gasteiger charge is 2.24. The zero-order chi connectivity index (χ0) is 18.6. The number of rotatable bonds is 4. The fourth-order valence-electron chi connectivity index (χ4n) is 2.91. The Hall–Kier alpha value is -1.95. The van der Waals surface area contributed by atoms with E-state index in [1.54, 1.807) is 23.9 Å². The van der Waals surface area contributed by atoms with E-state index in [0.29, 0.717) is 18.8 Å². The molecule has 0 saturated carbocycles. The maximum atomic E-state index is 12.1. The van der Waals surface area contributed by atoms with Gasteiger partial charge in [-0.05, 0) is 49.9 Å². The van der Waals surface area contributed by atoms with E-state index in [1.165, 1.54) is 0 Å². The zero-order valence-electron chi connectivity index (χ0n) is 15.3. The summed E-state index contributed by atoms with van der Waals surface area (Å²) < 4.78 is 5.57. The number of urea groups is 1. The number of hydrogen-bond acceptors (Lipinski definition) is 3. The van der Waals surface area contributed by atoms with Gasteiger partial charge in [0.25, 0.3) is 5.91 Å². The smallest absolute Gasteiger partial charge is 0.319 e. The second kappa shape index (κ2) is 8.43. The van der Waals surface area contributed by atoms with Crippen LogP contribution in [0, 0.1) is 13.8 Å². The lowest BCUT2D eigenvalue weighted by Gasteiger charge is -2.33. The van der Waals surface area contributed by atoms with E-state index >= 15 is 0 Å². The number of hydrogen-bond donors (Lipinski definition) is 1. The summed E-state index contributed by atoms with van der Waals surface area (Å²) >= 11 is 6.13. The first-order valence-electron chi connectivity index (χ1n) is 8.43. The molecule has 1 aliphatic rings. The topological polar surface area (TPSA) is 61.9 Å². The van der Waals surface area contributed by atoms with Crippen LogP contribution in [0.2, 0.25) is 5.02 Å². The second-order valence-corrected chi connectivity index (χ2v) is 7.04. The molecule has 0 spiro atoms. The quantitative estimate of drug-likeness (QED) is 0.889. The molecule has 3 amide bonds. The van der Waals surface area contributed by atoms with Crippen molar-refractivity contribution >= 4 is 23.5 Å². The van der Waals surface area contributed by atoms with Crippen LogP contribution >= 0.6 is 11.6 Å². The number of carbonyl (C=O) groups is 2. The molecule has 25 heavy (non-hydrogen) atoms. The second-order valence-electron chi connectivity index (χ2n) is 6.67. The number of piperidine rings is 1. The molecule has 1 saturated heterocycles. The van der Waals surface area contributed by atoms with Crippen LogP contribution in [-0.4, -0.2) is 61.6 Å². The molecule has 1 fully saturated rings. The number of halogens is 1. The minimum Gasteiger partial charge on any atom is -0.484 e. The Bertz CT molecular complexity index is 617. The van der Waals surface area contributed by atoms with Crippen LogP contribution < -0.4 is 10.1 Å². The molecule has 1 aliphatic heterocycles. The van der Waals surface area contributed by atoms with Gasteiger partial charge in [-0.2, -0.15) is 0 Å². The number of amides is 3. The van der Waals surface area contributed by atoms with Crippen molar-refractivity contribution in [1.29, 1.82) is 0 Å². The third kappa shape index (κ3) is 5.26. The van der Waals surface area contributed by atoms with Gasteiger partial charge in [0.05, 0.1) is 0 Å². The molecule has 7 heteroatoms. The van der Waals surface area contributed by atoms with Gasteiger partial charge in [-0.25, -0.2) is 4.79 Å². The van der Waals surface area contributed by atoms with Crippen molar-refractivity contribution in [1.82, 2.24) is 15.1 Å². The molecule has 0 bridgehead atoms. The van der Waals surface area contributed by atoms with Crippen molar-refractivity contribution in [2.24, 2.45) is 0 Å². The third-order valence-corrected chi connectivity index (χ3v) is 4.89. The summed E-state index contributed by atoms with van der Waals surface area (Å²) in [5, 5.41) is 3.70. The lowest BCUT2D eigenvalue weighted by molar-refractivity contribution is -0.124. The Morgan fingerprint density at radius 3 is 2.32 bits per heavy atom. The van der Waals surface area contributed by atoms with Gasteiger partial charge in [0.2, 0.25) is 0 Å². The molecule has 6 nitrogen and oxygen atoms in total. The Labute approximate surface area is 154 Å². The predicted octanol–water partition coefficient (Wildman–Crippen LogP) is 2.60. The van der Waals surface area contributed by atoms with E-state index in [0.717, 1.165) is 29.0 Å². The van der Waals surface area contributed by atoms with Crippen LogP contribution in [0.3, 0.4) is 0 Å². The lowest BCUT2D eigenvalue weighted by Crippen LogP contribution is -2.49. The molecule has 0 unspecified atom stereocenters. The molecule has 0 aliphatic carbocycles. The number of likely N-dealkylation sites (tertiary alicyclic amines) is 1. The van der Waals surface area contributed by atoms with E-state index in [2.05, 4.69) is 5.32 Å². The van der Waals surface area contributed by atoms with Crippen molar-refractivity contribution in [2.75, 3.05) is 33.8 Å². The summed E-state index contributed by atoms with van der Waals surface area (Å²) in [6.45, 7) is 5.09. The molecule has 1 heterocycles. The third-order valence-electron chi connectivity index (χ3n) is 4.29. The van der Waals surface area contributed by atoms with E-state index in [9.17, 15) is 9.59 Å². The molecule has 0 atom stereocenters. The number of nitrogens with zero attached hydrogens (tertiary/aromatic N) is 2. The summed E-state index contributed by atoms with van der Waals surface area (Å²) in [5.74, 6) is 0.489. The van der Waals surface area contributed by atoms with Crippen LogP contribution in [0.1, 0.15) is 24.0 Å². The number of carbonyl (C=O) groups excluding carboxylic acids is 2. The summed E-state index contributed by atoms with van der Waals surface area (Å²) in [4.78, 5) is 27.4. The number of nitrogens with one attached hydrogen (secondary N) is 1. The number of ether oxygens (including phenoxy) is 1. The number of benzene rings is 1. The maximum absolute atomic E-state index is 12.1. The van der Waals surface area contributed by atoms with Crippen LogP contribution in [0.25, 0.3) is 0 Å². The van der Waals surface area contributed by atoms with Gasteiger partial charge in [-0.15, -0.1) is 0 Å². The SMILES string of the molecule is Cc1cc(OCC(=O)NC2CCN(C(=O)N(C)C)CC2)cc(C)c1Cl. The molecule has 0 aromatic heterocycles. The van der Waals surface area contributed by atoms with Gasteiger partial charge < -0.3 is 19.9 Å². The van der Waals surface area contributed by atoms with Gasteiger partial charge >= 0.3 is 6.03 Å². The summed E-state index contributed by atoms with van der Waals surface area (Å²) in [6, 6.07) is 3.75. The van der Waals surface area contributed by atoms with Crippen molar-refractivity contribution in [3.63, 3.8) is 0 Å². The van der Waals surface area contributed by atoms with Gasteiger partial charge in [-0.1, -0.05) is 11.6 Å². The lowest BCUT2D eigenvalue weighted by atomic mass is 10.1. The summed E-state index contributed by atoms with van der Waals surface area (Å²) in [5.41, 5.74) is 1.85. The maximum Gasteiger partial charge on any atom is 0.319 e. The molecule has 138 valence electrons. The van der Waals surface area contributed by atoms with E-state index in [-0.39, 0.29) is 24.6 Å². The number of aryl methyl sites for hydroxylation is 2. The molecule has 2 rings (SSSR count). The van der Waals surface area contributed by atoms with E-state index in [1.807, 2.05) is 26.0 Å². The first kappa shape index (κ1) is 19.4. The largest absolute Gasteiger partial charge is 0.484 e. The van der Waals surface area contributed by atoms with Crippen LogP contribution in [0.5, 0.6) is 5.75 Å². The average molecular weight is 368 g/mol. The fraction of sp³-hybridized carbons (Fsp3) is 0.556. The van der Waals surface area contributed by atoms with Crippen molar-refractivity contribution in [3.8, 4) is 5.75 Å². The monoisotopic (exact) mass is 367 g/mol. The Morgan fingerprint density at radius 1 is 1.24 bits per heavy atom. The van der Waals surface area contributed by atoms with Crippen molar-refractivity contribution in [2.45, 2.75) is 32.7 Å². The minimum absolute atomic E-state index is 0.0154. The normalized spacial score (nSPS) is 15.0. The zero-order valence-corrected chi connectivity index (χ0v) is 16.0. The Morgan fingerprint density at radius 2 is 1.80 bits per heavy atom. The van der Waals surface area contributed by atoms with Crippen LogP contribution in [0.15, 0.2) is 12.1 Å². The molecular weight excluding hydrogens is 342 g/mol. The molecule has 0 radical (unpaired) electrons. The highest BCUT2D eigenvalue weighted by Crippen LogP contribution is 2.25. The molecule has 1 aromatic carbocycles. The van der Waals surface area contributed by atoms with E-state index in [4.69, 9.17) is 16.3 Å². The summed E-state index contributed by atoms with van der Waals surface area (Å²) in [6.07, 6.45) is 1.51. The Kier molecular flexibility index (Phi) is 6.53. The van der Waals surface area contributed by atoms with Crippen molar-refractivity contribution in [3.05, 3.63) is 28.3 Å². The highest BCUT2D eigenvalue weighted by molar-refractivity contribution is 6.32. The summed E-state index contributed by atoms with van der Waals surface area (Å²) in [7, 11) is 3.49. The predicted molar refractivity (Wildman–Crippen MR) is 98.2 cm³/mol. The average Bonchev–Trinajstić information content (AvgIpc) is 2.57. The minimum atomic E-state index is -0.150. The van der Waals surface area contributed by atoms with Crippen molar-refractivity contribution < 1.29 is 14.3 Å². The molecular formula is C18H26ClN3O3.